The largest absolute Gasteiger partial charge is 0.379 e. The number of hydrogen-bond donors (Lipinski definition) is 2. The summed E-state index contributed by atoms with van der Waals surface area (Å²) in [6.07, 6.45) is 8.05. The fourth-order valence-corrected chi connectivity index (χ4v) is 3.70. The molecule has 2 fully saturated rings. The Bertz CT molecular complexity index is 417. The lowest BCUT2D eigenvalue weighted by molar-refractivity contribution is -0.127. The summed E-state index contributed by atoms with van der Waals surface area (Å²) in [5.74, 6) is 1.49. The van der Waals surface area contributed by atoms with Gasteiger partial charge in [-0.3, -0.25) is 9.59 Å². The minimum Gasteiger partial charge on any atom is -0.379 e. The molecule has 1 heterocycles. The Labute approximate surface area is 171 Å². The van der Waals surface area contributed by atoms with Gasteiger partial charge in [0.2, 0.25) is 5.91 Å². The van der Waals surface area contributed by atoms with Crippen molar-refractivity contribution < 1.29 is 19.1 Å². The molecule has 2 aliphatic rings. The molecule has 1 amide bonds. The number of carbonyl (C=O) groups is 2. The summed E-state index contributed by atoms with van der Waals surface area (Å²) >= 11 is 0. The molecule has 2 N–H and O–H groups in total. The maximum absolute atomic E-state index is 11.7. The SMILES string of the molecule is CC(C)C(=O)C1CCCCC1.CCOCCOCCNC(=O)C1CCNCC1. The molecule has 1 aliphatic carbocycles. The predicted octanol–water partition coefficient (Wildman–Crippen LogP) is 2.95. The number of amides is 1. The Kier molecular flexibility index (Phi) is 14.2. The first-order valence-corrected chi connectivity index (χ1v) is 11.2. The molecule has 6 heteroatoms. The Morgan fingerprint density at radius 1 is 0.929 bits per heavy atom. The van der Waals surface area contributed by atoms with E-state index in [1.54, 1.807) is 0 Å². The van der Waals surface area contributed by atoms with Crippen molar-refractivity contribution in [1.29, 1.82) is 0 Å². The Morgan fingerprint density at radius 3 is 2.18 bits per heavy atom. The number of nitrogens with one attached hydrogen (secondary N) is 2. The highest BCUT2D eigenvalue weighted by Gasteiger charge is 2.22. The summed E-state index contributed by atoms with van der Waals surface area (Å²) in [7, 11) is 0. The van der Waals surface area contributed by atoms with Gasteiger partial charge in [0.15, 0.2) is 0 Å². The zero-order valence-corrected chi connectivity index (χ0v) is 18.3. The fraction of sp³-hybridized carbons (Fsp3) is 0.909. The van der Waals surface area contributed by atoms with E-state index in [9.17, 15) is 9.59 Å². The molecular formula is C22H42N2O4. The van der Waals surface area contributed by atoms with E-state index in [4.69, 9.17) is 9.47 Å². The molecule has 1 saturated carbocycles. The topological polar surface area (TPSA) is 76.7 Å². The van der Waals surface area contributed by atoms with Crippen LogP contribution in [-0.2, 0) is 19.1 Å². The molecule has 0 bridgehead atoms. The predicted molar refractivity (Wildman–Crippen MR) is 112 cm³/mol. The summed E-state index contributed by atoms with van der Waals surface area (Å²) in [6, 6.07) is 0. The number of carbonyl (C=O) groups excluding carboxylic acids is 2. The van der Waals surface area contributed by atoms with Gasteiger partial charge in [-0.05, 0) is 45.7 Å². The molecule has 28 heavy (non-hydrogen) atoms. The molecule has 0 atom stereocenters. The van der Waals surface area contributed by atoms with Crippen molar-refractivity contribution in [2.45, 2.75) is 65.7 Å². The van der Waals surface area contributed by atoms with E-state index in [0.717, 1.165) is 45.4 Å². The van der Waals surface area contributed by atoms with Crippen LogP contribution in [0.3, 0.4) is 0 Å². The van der Waals surface area contributed by atoms with E-state index in [1.807, 2.05) is 20.8 Å². The number of hydrogen-bond acceptors (Lipinski definition) is 5. The van der Waals surface area contributed by atoms with Crippen LogP contribution in [0.2, 0.25) is 0 Å². The highest BCUT2D eigenvalue weighted by atomic mass is 16.5. The van der Waals surface area contributed by atoms with E-state index < -0.39 is 0 Å². The van der Waals surface area contributed by atoms with Crippen LogP contribution in [0.4, 0.5) is 0 Å². The molecule has 0 aromatic rings. The van der Waals surface area contributed by atoms with Crippen LogP contribution >= 0.6 is 0 Å². The lowest BCUT2D eigenvalue weighted by atomic mass is 9.83. The standard InChI is InChI=1S/C12H24N2O3.C10H18O/c1-2-16-9-10-17-8-7-14-12(15)11-3-5-13-6-4-11;1-8(2)10(11)9-6-4-3-5-7-9/h11,13H,2-10H2,1H3,(H,14,15);8-9H,3-7H2,1-2H3. The van der Waals surface area contributed by atoms with Crippen molar-refractivity contribution in [3.63, 3.8) is 0 Å². The number of rotatable bonds is 10. The second-order valence-corrected chi connectivity index (χ2v) is 8.02. The monoisotopic (exact) mass is 398 g/mol. The van der Waals surface area contributed by atoms with E-state index in [1.165, 1.54) is 19.3 Å². The quantitative estimate of drug-likeness (QED) is 0.553. The van der Waals surface area contributed by atoms with Crippen LogP contribution in [0, 0.1) is 17.8 Å². The summed E-state index contributed by atoms with van der Waals surface area (Å²) in [5, 5.41) is 6.16. The normalized spacial score (nSPS) is 18.4. The van der Waals surface area contributed by atoms with Gasteiger partial charge in [0.1, 0.15) is 5.78 Å². The van der Waals surface area contributed by atoms with Crippen LogP contribution < -0.4 is 10.6 Å². The van der Waals surface area contributed by atoms with Crippen molar-refractivity contribution in [2.75, 3.05) is 46.1 Å². The molecule has 0 aromatic heterocycles. The number of piperidine rings is 1. The van der Waals surface area contributed by atoms with Crippen LogP contribution in [0.15, 0.2) is 0 Å². The lowest BCUT2D eigenvalue weighted by Crippen LogP contribution is -2.39. The second kappa shape index (κ2) is 15.9. The van der Waals surface area contributed by atoms with Gasteiger partial charge < -0.3 is 20.1 Å². The van der Waals surface area contributed by atoms with Crippen molar-refractivity contribution in [1.82, 2.24) is 10.6 Å². The smallest absolute Gasteiger partial charge is 0.223 e. The Hall–Kier alpha value is -0.980. The highest BCUT2D eigenvalue weighted by molar-refractivity contribution is 5.82. The summed E-state index contributed by atoms with van der Waals surface area (Å²) in [4.78, 5) is 23.2. The Balaban J connectivity index is 0.000000307. The van der Waals surface area contributed by atoms with Gasteiger partial charge in [-0.25, -0.2) is 0 Å². The van der Waals surface area contributed by atoms with Crippen LogP contribution in [-0.4, -0.2) is 57.8 Å². The lowest BCUT2D eigenvalue weighted by Gasteiger charge is -2.21. The number of Topliss-reactive ketones (excluding diaryl/α,β-unsaturated/α-hetero) is 1. The molecule has 2 rings (SSSR count). The second-order valence-electron chi connectivity index (χ2n) is 8.02. The van der Waals surface area contributed by atoms with Crippen LogP contribution in [0.25, 0.3) is 0 Å². The maximum Gasteiger partial charge on any atom is 0.223 e. The van der Waals surface area contributed by atoms with Gasteiger partial charge in [0, 0.05) is 30.9 Å². The van der Waals surface area contributed by atoms with Gasteiger partial charge in [-0.2, -0.15) is 0 Å². The third-order valence-electron chi connectivity index (χ3n) is 5.41. The first-order valence-electron chi connectivity index (χ1n) is 11.2. The van der Waals surface area contributed by atoms with Crippen molar-refractivity contribution in [3.05, 3.63) is 0 Å². The highest BCUT2D eigenvalue weighted by Crippen LogP contribution is 2.26. The minimum absolute atomic E-state index is 0.167. The maximum atomic E-state index is 11.7. The van der Waals surface area contributed by atoms with Crippen LogP contribution in [0.1, 0.15) is 65.7 Å². The van der Waals surface area contributed by atoms with E-state index in [0.29, 0.717) is 38.1 Å². The fourth-order valence-electron chi connectivity index (χ4n) is 3.70. The van der Waals surface area contributed by atoms with Crippen molar-refractivity contribution in [2.24, 2.45) is 17.8 Å². The summed E-state index contributed by atoms with van der Waals surface area (Å²) in [5.41, 5.74) is 0. The van der Waals surface area contributed by atoms with Gasteiger partial charge in [0.25, 0.3) is 0 Å². The first kappa shape index (κ1) is 25.1. The number of ether oxygens (including phenoxy) is 2. The Morgan fingerprint density at radius 2 is 1.57 bits per heavy atom. The van der Waals surface area contributed by atoms with Gasteiger partial charge >= 0.3 is 0 Å². The minimum atomic E-state index is 0.167. The van der Waals surface area contributed by atoms with Crippen LogP contribution in [0.5, 0.6) is 0 Å². The van der Waals surface area contributed by atoms with Gasteiger partial charge in [0.05, 0.1) is 19.8 Å². The van der Waals surface area contributed by atoms with E-state index in [-0.39, 0.29) is 17.7 Å². The van der Waals surface area contributed by atoms with Crippen molar-refractivity contribution in [3.8, 4) is 0 Å². The molecule has 0 aromatic carbocycles. The molecule has 0 spiro atoms. The van der Waals surface area contributed by atoms with E-state index in [2.05, 4.69) is 10.6 Å². The molecule has 1 saturated heterocycles. The van der Waals surface area contributed by atoms with Crippen molar-refractivity contribution >= 4 is 11.7 Å². The average molecular weight is 399 g/mol. The zero-order chi connectivity index (χ0) is 20.6. The third kappa shape index (κ3) is 11.1. The summed E-state index contributed by atoms with van der Waals surface area (Å²) < 4.78 is 10.5. The molecule has 1 aliphatic heterocycles. The number of ketones is 1. The molecular weight excluding hydrogens is 356 g/mol. The van der Waals surface area contributed by atoms with Gasteiger partial charge in [-0.15, -0.1) is 0 Å². The molecule has 0 radical (unpaired) electrons. The summed E-state index contributed by atoms with van der Waals surface area (Å²) in [6.45, 7) is 11.0. The van der Waals surface area contributed by atoms with Gasteiger partial charge in [-0.1, -0.05) is 33.1 Å². The molecule has 164 valence electrons. The third-order valence-corrected chi connectivity index (χ3v) is 5.41. The molecule has 0 unspecified atom stereocenters. The average Bonchev–Trinajstić information content (AvgIpc) is 2.74. The van der Waals surface area contributed by atoms with E-state index >= 15 is 0 Å². The molecule has 6 nitrogen and oxygen atoms in total. The first-order chi connectivity index (χ1) is 13.6. The zero-order valence-electron chi connectivity index (χ0n) is 18.3.